The zero-order valence-electron chi connectivity index (χ0n) is 9.78. The van der Waals surface area contributed by atoms with Crippen molar-refractivity contribution in [3.05, 3.63) is 35.4 Å². The minimum Gasteiger partial charge on any atom is -0.478 e. The fourth-order valence-corrected chi connectivity index (χ4v) is 2.06. The Morgan fingerprint density at radius 2 is 2.21 bits per heavy atom. The van der Waals surface area contributed by atoms with Crippen LogP contribution in [0, 0.1) is 0 Å². The minimum atomic E-state index is -1.06. The van der Waals surface area contributed by atoms with Crippen LogP contribution < -0.4 is 0 Å². The third-order valence-electron chi connectivity index (χ3n) is 2.75. The molecule has 3 heterocycles. The molecular weight excluding hydrogens is 270 g/mol. The number of imidazole rings is 1. The number of aromatic nitrogens is 5. The lowest BCUT2D eigenvalue weighted by Gasteiger charge is -2.03. The Labute approximate surface area is 112 Å². The lowest BCUT2D eigenvalue weighted by Crippen LogP contribution is -2.01. The highest BCUT2D eigenvalue weighted by Gasteiger charge is 2.16. The van der Waals surface area contributed by atoms with E-state index in [1.54, 1.807) is 21.5 Å². The zero-order chi connectivity index (χ0) is 13.6. The lowest BCUT2D eigenvalue weighted by molar-refractivity contribution is 0.0696. The van der Waals surface area contributed by atoms with Gasteiger partial charge in [0.1, 0.15) is 5.69 Å². The minimum absolute atomic E-state index is 0.0701. The van der Waals surface area contributed by atoms with E-state index < -0.39 is 5.97 Å². The molecule has 0 aromatic carbocycles. The third-order valence-corrected chi connectivity index (χ3v) is 3.03. The van der Waals surface area contributed by atoms with Crippen LogP contribution >= 0.6 is 11.6 Å². The van der Waals surface area contributed by atoms with Gasteiger partial charge in [0.25, 0.3) is 0 Å². The van der Waals surface area contributed by atoms with Gasteiger partial charge in [0.2, 0.25) is 0 Å². The maximum atomic E-state index is 11.1. The predicted molar refractivity (Wildman–Crippen MR) is 67.2 cm³/mol. The first-order chi connectivity index (χ1) is 9.08. The van der Waals surface area contributed by atoms with E-state index in [2.05, 4.69) is 15.2 Å². The number of carbonyl (C=O) groups is 1. The highest BCUT2D eigenvalue weighted by molar-refractivity contribution is 6.33. The van der Waals surface area contributed by atoms with Crippen molar-refractivity contribution in [2.75, 3.05) is 0 Å². The molecule has 0 bridgehead atoms. The first-order valence-electron chi connectivity index (χ1n) is 5.32. The van der Waals surface area contributed by atoms with Crippen LogP contribution in [-0.4, -0.2) is 35.2 Å². The summed E-state index contributed by atoms with van der Waals surface area (Å²) in [5.41, 5.74) is 1.19. The maximum absolute atomic E-state index is 11.1. The second kappa shape index (κ2) is 4.06. The smallest absolute Gasteiger partial charge is 0.337 e. The normalized spacial score (nSPS) is 11.1. The van der Waals surface area contributed by atoms with E-state index in [9.17, 15) is 4.79 Å². The van der Waals surface area contributed by atoms with E-state index >= 15 is 0 Å². The third kappa shape index (κ3) is 1.75. The van der Waals surface area contributed by atoms with Crippen molar-refractivity contribution in [1.82, 2.24) is 24.1 Å². The van der Waals surface area contributed by atoms with Gasteiger partial charge in [0, 0.05) is 13.2 Å². The standard InChI is InChI=1S/C11H8ClN5O2/c1-16-5-13-3-8(16)10-15-14-9-7(12)2-6(11(18)19)4-17(9)10/h2-5H,1H3,(H,18,19). The maximum Gasteiger partial charge on any atom is 0.337 e. The quantitative estimate of drug-likeness (QED) is 0.767. The van der Waals surface area contributed by atoms with Crippen LogP contribution in [0.2, 0.25) is 5.02 Å². The van der Waals surface area contributed by atoms with Crippen LogP contribution in [0.5, 0.6) is 0 Å². The fraction of sp³-hybridized carbons (Fsp3) is 0.0909. The molecule has 0 amide bonds. The first kappa shape index (κ1) is 11.7. The average Bonchev–Trinajstić information content (AvgIpc) is 2.94. The predicted octanol–water partition coefficient (Wildman–Crippen LogP) is 1.48. The monoisotopic (exact) mass is 277 g/mol. The van der Waals surface area contributed by atoms with Crippen LogP contribution in [-0.2, 0) is 7.05 Å². The van der Waals surface area contributed by atoms with Crippen molar-refractivity contribution in [2.24, 2.45) is 7.05 Å². The number of carboxylic acid groups (broad SMARTS) is 1. The fourth-order valence-electron chi connectivity index (χ4n) is 1.82. The first-order valence-corrected chi connectivity index (χ1v) is 5.70. The molecule has 0 spiro atoms. The molecule has 3 aromatic rings. The van der Waals surface area contributed by atoms with Gasteiger partial charge in [0.05, 0.1) is 23.1 Å². The van der Waals surface area contributed by atoms with Crippen molar-refractivity contribution in [1.29, 1.82) is 0 Å². The summed E-state index contributed by atoms with van der Waals surface area (Å²) in [4.78, 5) is 15.1. The van der Waals surface area contributed by atoms with E-state index in [0.717, 1.165) is 0 Å². The molecule has 0 fully saturated rings. The van der Waals surface area contributed by atoms with Gasteiger partial charge >= 0.3 is 5.97 Å². The van der Waals surface area contributed by atoms with E-state index in [-0.39, 0.29) is 10.6 Å². The molecule has 8 heteroatoms. The number of rotatable bonds is 2. The molecule has 0 atom stereocenters. The number of aromatic carboxylic acids is 1. The van der Waals surface area contributed by atoms with Gasteiger partial charge in [0.15, 0.2) is 11.5 Å². The molecule has 0 saturated carbocycles. The molecule has 3 rings (SSSR count). The number of hydrogen-bond donors (Lipinski definition) is 1. The Kier molecular flexibility index (Phi) is 2.49. The zero-order valence-corrected chi connectivity index (χ0v) is 10.5. The Balaban J connectivity index is 2.33. The molecule has 3 aromatic heterocycles. The number of halogens is 1. The Morgan fingerprint density at radius 1 is 1.42 bits per heavy atom. The molecule has 0 aliphatic heterocycles. The Bertz CT molecular complexity index is 792. The van der Waals surface area contributed by atoms with Gasteiger partial charge in [-0.15, -0.1) is 10.2 Å². The summed E-state index contributed by atoms with van der Waals surface area (Å²) in [5.74, 6) is -0.576. The number of hydrogen-bond acceptors (Lipinski definition) is 4. The molecular formula is C11H8ClN5O2. The van der Waals surface area contributed by atoms with Crippen LogP contribution in [0.15, 0.2) is 24.8 Å². The SMILES string of the molecule is Cn1cncc1-c1nnc2c(Cl)cc(C(=O)O)cn12. The number of pyridine rings is 1. The highest BCUT2D eigenvalue weighted by atomic mass is 35.5. The average molecular weight is 278 g/mol. The van der Waals surface area contributed by atoms with Crippen LogP contribution in [0.4, 0.5) is 0 Å². The van der Waals surface area contributed by atoms with E-state index in [1.165, 1.54) is 12.3 Å². The summed E-state index contributed by atoms with van der Waals surface area (Å²) < 4.78 is 3.31. The van der Waals surface area contributed by atoms with Crippen LogP contribution in [0.1, 0.15) is 10.4 Å². The molecule has 7 nitrogen and oxygen atoms in total. The number of carboxylic acids is 1. The van der Waals surface area contributed by atoms with Crippen molar-refractivity contribution in [2.45, 2.75) is 0 Å². The molecule has 1 N–H and O–H groups in total. The van der Waals surface area contributed by atoms with Gasteiger partial charge < -0.3 is 9.67 Å². The number of fused-ring (bicyclic) bond motifs is 1. The Morgan fingerprint density at radius 3 is 2.84 bits per heavy atom. The molecule has 0 unspecified atom stereocenters. The lowest BCUT2D eigenvalue weighted by atomic mass is 10.3. The van der Waals surface area contributed by atoms with Gasteiger partial charge in [-0.3, -0.25) is 4.40 Å². The van der Waals surface area contributed by atoms with Gasteiger partial charge in [-0.1, -0.05) is 11.6 Å². The van der Waals surface area contributed by atoms with Gasteiger partial charge in [-0.2, -0.15) is 0 Å². The van der Waals surface area contributed by atoms with Crippen molar-refractivity contribution in [3.63, 3.8) is 0 Å². The van der Waals surface area contributed by atoms with Gasteiger partial charge in [-0.05, 0) is 6.07 Å². The van der Waals surface area contributed by atoms with Crippen LogP contribution in [0.25, 0.3) is 17.2 Å². The summed E-state index contributed by atoms with van der Waals surface area (Å²) in [7, 11) is 1.81. The molecule has 0 saturated heterocycles. The van der Waals surface area contributed by atoms with E-state index in [1.807, 2.05) is 7.05 Å². The molecule has 19 heavy (non-hydrogen) atoms. The summed E-state index contributed by atoms with van der Waals surface area (Å²) in [6.07, 6.45) is 4.68. The Hall–Kier alpha value is -2.41. The molecule has 0 aliphatic carbocycles. The second-order valence-corrected chi connectivity index (χ2v) is 4.40. The summed E-state index contributed by atoms with van der Waals surface area (Å²) in [6.45, 7) is 0. The van der Waals surface area contributed by atoms with Crippen molar-refractivity contribution < 1.29 is 9.90 Å². The summed E-state index contributed by atoms with van der Waals surface area (Å²) >= 11 is 6.01. The molecule has 0 radical (unpaired) electrons. The highest BCUT2D eigenvalue weighted by Crippen LogP contribution is 2.23. The van der Waals surface area contributed by atoms with Crippen LogP contribution in [0.3, 0.4) is 0 Å². The second-order valence-electron chi connectivity index (χ2n) is 3.99. The molecule has 96 valence electrons. The van der Waals surface area contributed by atoms with Crippen molar-refractivity contribution in [3.8, 4) is 11.5 Å². The van der Waals surface area contributed by atoms with E-state index in [4.69, 9.17) is 16.7 Å². The number of nitrogens with zero attached hydrogens (tertiary/aromatic N) is 5. The summed E-state index contributed by atoms with van der Waals surface area (Å²) in [6, 6.07) is 1.35. The van der Waals surface area contributed by atoms with E-state index in [0.29, 0.717) is 17.2 Å². The number of aryl methyl sites for hydroxylation is 1. The van der Waals surface area contributed by atoms with Crippen molar-refractivity contribution >= 4 is 23.2 Å². The van der Waals surface area contributed by atoms with Gasteiger partial charge in [-0.25, -0.2) is 9.78 Å². The topological polar surface area (TPSA) is 85.3 Å². The largest absolute Gasteiger partial charge is 0.478 e. The molecule has 0 aliphatic rings. The summed E-state index contributed by atoms with van der Waals surface area (Å²) in [5, 5.41) is 17.3.